The molecule has 8 heteroatoms. The molecule has 0 aliphatic heterocycles. The number of nitrogens with zero attached hydrogens (tertiary/aromatic N) is 1. The first-order valence-corrected chi connectivity index (χ1v) is 9.03. The van der Waals surface area contributed by atoms with Gasteiger partial charge >= 0.3 is 11.9 Å². The lowest BCUT2D eigenvalue weighted by atomic mass is 10.1. The fourth-order valence-electron chi connectivity index (χ4n) is 2.63. The van der Waals surface area contributed by atoms with Crippen molar-refractivity contribution in [3.8, 4) is 0 Å². The van der Waals surface area contributed by atoms with E-state index in [1.165, 1.54) is 17.5 Å². The Morgan fingerprint density at radius 2 is 1.27 bits per heavy atom. The maximum Gasteiger partial charge on any atom is 0.335 e. The number of rotatable bonds is 7. The Bertz CT molecular complexity index is 888. The van der Waals surface area contributed by atoms with Crippen LogP contribution >= 0.6 is 0 Å². The molecule has 0 saturated heterocycles. The first kappa shape index (κ1) is 22.2. The van der Waals surface area contributed by atoms with Crippen LogP contribution in [0.5, 0.6) is 0 Å². The molecule has 8 nitrogen and oxygen atoms in total. The second-order valence-corrected chi connectivity index (χ2v) is 6.31. The van der Waals surface area contributed by atoms with E-state index in [0.717, 1.165) is 31.0 Å². The average molecular weight is 408 g/mol. The molecule has 0 saturated carbocycles. The highest BCUT2D eigenvalue weighted by Gasteiger charge is 2.11. The Labute approximate surface area is 172 Å². The van der Waals surface area contributed by atoms with Crippen LogP contribution in [0.2, 0.25) is 0 Å². The molecule has 0 unspecified atom stereocenters. The number of H-pyrrole nitrogens is 1. The summed E-state index contributed by atoms with van der Waals surface area (Å²) in [5, 5.41) is 27.6. The Morgan fingerprint density at radius 3 is 1.73 bits per heavy atom. The van der Waals surface area contributed by atoms with Crippen LogP contribution in [0.3, 0.4) is 0 Å². The smallest absolute Gasteiger partial charge is 0.335 e. The summed E-state index contributed by atoms with van der Waals surface area (Å²) in [6.07, 6.45) is 11.1. The molecule has 0 amide bonds. The summed E-state index contributed by atoms with van der Waals surface area (Å²) in [7, 11) is 0. The van der Waals surface area contributed by atoms with E-state index in [9.17, 15) is 19.5 Å². The van der Waals surface area contributed by atoms with E-state index in [1.807, 2.05) is 24.8 Å². The van der Waals surface area contributed by atoms with Crippen molar-refractivity contribution < 1.29 is 34.7 Å². The lowest BCUT2D eigenvalue weighted by Crippen LogP contribution is -2.23. The minimum atomic E-state index is -1.62. The van der Waals surface area contributed by atoms with Gasteiger partial charge in [0, 0.05) is 24.5 Å². The summed E-state index contributed by atoms with van der Waals surface area (Å²) in [6.45, 7) is 0. The first-order valence-electron chi connectivity index (χ1n) is 9.03. The molecule has 3 N–H and O–H groups in total. The number of carbonyl (C=O) groups excluding carboxylic acids is 1. The highest BCUT2D eigenvalue weighted by atomic mass is 16.4. The zero-order chi connectivity index (χ0) is 21.9. The first-order chi connectivity index (χ1) is 14.4. The van der Waals surface area contributed by atoms with Crippen LogP contribution in [-0.4, -0.2) is 33.1 Å². The van der Waals surface area contributed by atoms with Gasteiger partial charge in [0.2, 0.25) is 0 Å². The average Bonchev–Trinajstić information content (AvgIpc) is 2.75. The number of pyridine rings is 2. The fourth-order valence-corrected chi connectivity index (χ4v) is 2.63. The van der Waals surface area contributed by atoms with Crippen molar-refractivity contribution in [2.45, 2.75) is 19.3 Å². The Balaban J connectivity index is 0.000000214. The minimum Gasteiger partial charge on any atom is -0.545 e. The van der Waals surface area contributed by atoms with Crippen molar-refractivity contribution in [3.63, 3.8) is 0 Å². The number of hydrogen-bond donors (Lipinski definition) is 2. The number of nitrogens with one attached hydrogen (secondary N) is 1. The maximum absolute atomic E-state index is 10.5. The molecule has 1 aromatic carbocycles. The van der Waals surface area contributed by atoms with Gasteiger partial charge in [-0.1, -0.05) is 0 Å². The van der Waals surface area contributed by atoms with E-state index >= 15 is 0 Å². The summed E-state index contributed by atoms with van der Waals surface area (Å²) in [5.74, 6) is -4.43. The maximum atomic E-state index is 10.5. The van der Waals surface area contributed by atoms with Gasteiger partial charge < -0.3 is 20.1 Å². The van der Waals surface area contributed by atoms with E-state index in [-0.39, 0.29) is 0 Å². The number of aromatic nitrogens is 2. The third-order valence-electron chi connectivity index (χ3n) is 4.13. The molecule has 0 spiro atoms. The number of carboxylic acid groups (broad SMARTS) is 3. The molecule has 154 valence electrons. The molecule has 0 aliphatic rings. The minimum absolute atomic E-state index is 0.408. The van der Waals surface area contributed by atoms with Gasteiger partial charge in [-0.2, -0.15) is 0 Å². The molecule has 0 aliphatic carbocycles. The third-order valence-corrected chi connectivity index (χ3v) is 4.13. The van der Waals surface area contributed by atoms with Gasteiger partial charge in [-0.15, -0.1) is 0 Å². The van der Waals surface area contributed by atoms with Gasteiger partial charge in [0.1, 0.15) is 0 Å². The standard InChI is InChI=1S/C13H14N2.C9H6O6/c1(2-12-4-8-14-9-5-12)3-13-6-10-15-11-7-13;10-7(11)4-1-5(8(12)13)3-6(2-4)9(14)15/h4-11H,1-3H2;1-3H,(H,10,11)(H,12,13)(H,14,15). The van der Waals surface area contributed by atoms with Crippen LogP contribution in [0.1, 0.15) is 48.6 Å². The number of aromatic carboxylic acids is 3. The molecule has 0 fully saturated rings. The van der Waals surface area contributed by atoms with Crippen LogP contribution < -0.4 is 10.1 Å². The zero-order valence-corrected chi connectivity index (χ0v) is 15.9. The Kier molecular flexibility index (Phi) is 8.19. The molecule has 3 rings (SSSR count). The highest BCUT2D eigenvalue weighted by Crippen LogP contribution is 2.10. The second kappa shape index (κ2) is 11.1. The third kappa shape index (κ3) is 7.16. The predicted molar refractivity (Wildman–Crippen MR) is 104 cm³/mol. The number of carbonyl (C=O) groups is 3. The Morgan fingerprint density at radius 1 is 0.800 bits per heavy atom. The largest absolute Gasteiger partial charge is 0.545 e. The van der Waals surface area contributed by atoms with Crippen LogP contribution in [0, 0.1) is 0 Å². The number of benzene rings is 1. The summed E-state index contributed by atoms with van der Waals surface area (Å²) >= 11 is 0. The molecule has 30 heavy (non-hydrogen) atoms. The van der Waals surface area contributed by atoms with Gasteiger partial charge in [0.05, 0.1) is 17.1 Å². The number of hydrogen-bond acceptors (Lipinski definition) is 5. The second-order valence-electron chi connectivity index (χ2n) is 6.31. The van der Waals surface area contributed by atoms with Gasteiger partial charge in [0.25, 0.3) is 0 Å². The van der Waals surface area contributed by atoms with E-state index < -0.39 is 34.6 Å². The molecule has 3 aromatic rings. The molecule has 2 aromatic heterocycles. The molecule has 0 atom stereocenters. The van der Waals surface area contributed by atoms with Crippen molar-refractivity contribution >= 4 is 17.9 Å². The molecular formula is C22H20N2O6. The van der Waals surface area contributed by atoms with E-state index in [2.05, 4.69) is 34.2 Å². The lowest BCUT2D eigenvalue weighted by Gasteiger charge is -2.05. The number of aryl methyl sites for hydroxylation is 2. The van der Waals surface area contributed by atoms with Crippen molar-refractivity contribution in [2.75, 3.05) is 0 Å². The predicted octanol–water partition coefficient (Wildman–Crippen LogP) is 1.52. The van der Waals surface area contributed by atoms with Gasteiger partial charge in [-0.3, -0.25) is 4.98 Å². The monoisotopic (exact) mass is 408 g/mol. The molecule has 0 radical (unpaired) electrons. The lowest BCUT2D eigenvalue weighted by molar-refractivity contribution is -0.378. The zero-order valence-electron chi connectivity index (χ0n) is 15.9. The van der Waals surface area contributed by atoms with Crippen LogP contribution in [0.15, 0.2) is 67.3 Å². The summed E-state index contributed by atoms with van der Waals surface area (Å²) in [4.78, 5) is 38.6. The van der Waals surface area contributed by atoms with Crippen molar-refractivity contribution in [1.82, 2.24) is 4.98 Å². The quantitative estimate of drug-likeness (QED) is 0.603. The van der Waals surface area contributed by atoms with Crippen LogP contribution in [-0.2, 0) is 12.8 Å². The van der Waals surface area contributed by atoms with Crippen molar-refractivity contribution in [3.05, 3.63) is 95.1 Å². The molecule has 0 bridgehead atoms. The number of carboxylic acids is 3. The SMILES string of the molecule is O=C([O-])c1cc(C(=O)O)cc(C(=O)O)c1.c1cc(CCCc2cc[nH+]cc2)ccn1. The summed E-state index contributed by atoms with van der Waals surface area (Å²) in [6, 6.07) is 11.0. The molecule has 2 heterocycles. The van der Waals surface area contributed by atoms with Gasteiger partial charge in [0.15, 0.2) is 12.4 Å². The Hall–Kier alpha value is -4.07. The van der Waals surface area contributed by atoms with E-state index in [1.54, 1.807) is 0 Å². The van der Waals surface area contributed by atoms with Gasteiger partial charge in [-0.25, -0.2) is 14.6 Å². The van der Waals surface area contributed by atoms with E-state index in [0.29, 0.717) is 0 Å². The van der Waals surface area contributed by atoms with Crippen LogP contribution in [0.25, 0.3) is 0 Å². The summed E-state index contributed by atoms with van der Waals surface area (Å²) in [5.41, 5.74) is 1.46. The topological polar surface area (TPSA) is 142 Å². The van der Waals surface area contributed by atoms with Gasteiger partial charge in [-0.05, 0) is 66.3 Å². The number of aromatic amines is 1. The van der Waals surface area contributed by atoms with Crippen molar-refractivity contribution in [1.29, 1.82) is 0 Å². The normalized spacial score (nSPS) is 9.87. The van der Waals surface area contributed by atoms with E-state index in [4.69, 9.17) is 10.2 Å². The fraction of sp³-hybridized carbons (Fsp3) is 0.136. The van der Waals surface area contributed by atoms with Crippen molar-refractivity contribution in [2.24, 2.45) is 0 Å². The van der Waals surface area contributed by atoms with Crippen LogP contribution in [0.4, 0.5) is 0 Å². The summed E-state index contributed by atoms with van der Waals surface area (Å²) < 4.78 is 0. The highest BCUT2D eigenvalue weighted by molar-refractivity contribution is 5.98. The molecular weight excluding hydrogens is 388 g/mol.